The first-order valence-corrected chi connectivity index (χ1v) is 7.03. The molecule has 0 saturated carbocycles. The molecule has 0 spiro atoms. The van der Waals surface area contributed by atoms with Gasteiger partial charge in [-0.2, -0.15) is 0 Å². The second-order valence-corrected chi connectivity index (χ2v) is 5.12. The van der Waals surface area contributed by atoms with Crippen LogP contribution in [0.15, 0.2) is 18.2 Å². The molecule has 0 aliphatic carbocycles. The van der Waals surface area contributed by atoms with Crippen LogP contribution in [0.5, 0.6) is 11.5 Å². The minimum atomic E-state index is -0.235. The van der Waals surface area contributed by atoms with Crippen molar-refractivity contribution >= 4 is 5.91 Å². The fraction of sp³-hybridized carbons (Fsp3) is 0.562. The Kier molecular flexibility index (Phi) is 7.02. The highest BCUT2D eigenvalue weighted by molar-refractivity contribution is 5.84. The molecule has 1 N–H and O–H groups in total. The topological polar surface area (TPSA) is 56.8 Å². The van der Waals surface area contributed by atoms with Crippen molar-refractivity contribution in [2.24, 2.45) is 5.92 Å². The maximum atomic E-state index is 12.4. The van der Waals surface area contributed by atoms with Crippen LogP contribution in [0, 0.1) is 5.92 Å². The van der Waals surface area contributed by atoms with Crippen LogP contribution in [-0.2, 0) is 9.53 Å². The van der Waals surface area contributed by atoms with Crippen LogP contribution in [0.4, 0.5) is 0 Å². The molecule has 118 valence electrons. The minimum Gasteiger partial charge on any atom is -0.493 e. The van der Waals surface area contributed by atoms with Gasteiger partial charge in [0.05, 0.1) is 26.7 Å². The van der Waals surface area contributed by atoms with Gasteiger partial charge in [-0.05, 0) is 23.6 Å². The van der Waals surface area contributed by atoms with Crippen molar-refractivity contribution < 1.29 is 19.0 Å². The Balaban J connectivity index is 2.97. The van der Waals surface area contributed by atoms with Crippen LogP contribution >= 0.6 is 0 Å². The van der Waals surface area contributed by atoms with Gasteiger partial charge in [0, 0.05) is 13.7 Å². The minimum absolute atomic E-state index is 0.00531. The van der Waals surface area contributed by atoms with Crippen LogP contribution in [0.2, 0.25) is 0 Å². The van der Waals surface area contributed by atoms with E-state index in [9.17, 15) is 4.79 Å². The molecule has 1 aromatic rings. The van der Waals surface area contributed by atoms with Gasteiger partial charge in [0.1, 0.15) is 0 Å². The van der Waals surface area contributed by atoms with Crippen molar-refractivity contribution in [2.75, 3.05) is 34.5 Å². The van der Waals surface area contributed by atoms with Crippen molar-refractivity contribution in [2.45, 2.75) is 19.8 Å². The number of rotatable bonds is 8. The number of methoxy groups -OCH3 is 3. The molecular weight excluding hydrogens is 270 g/mol. The number of carbonyl (C=O) groups excluding carboxylic acids is 1. The summed E-state index contributed by atoms with van der Waals surface area (Å²) in [5, 5.41) is 2.89. The summed E-state index contributed by atoms with van der Waals surface area (Å²) in [5.74, 6) is 1.22. The maximum absolute atomic E-state index is 12.4. The Morgan fingerprint density at radius 2 is 1.81 bits per heavy atom. The number of ether oxygens (including phenoxy) is 3. The van der Waals surface area contributed by atoms with Gasteiger partial charge in [0.2, 0.25) is 5.91 Å². The summed E-state index contributed by atoms with van der Waals surface area (Å²) >= 11 is 0. The molecule has 1 amide bonds. The largest absolute Gasteiger partial charge is 0.493 e. The van der Waals surface area contributed by atoms with E-state index in [4.69, 9.17) is 14.2 Å². The second kappa shape index (κ2) is 8.52. The molecule has 5 nitrogen and oxygen atoms in total. The first kappa shape index (κ1) is 17.3. The van der Waals surface area contributed by atoms with Crippen molar-refractivity contribution in [3.63, 3.8) is 0 Å². The highest BCUT2D eigenvalue weighted by atomic mass is 16.5. The molecular formula is C16H25NO4. The van der Waals surface area contributed by atoms with E-state index in [1.54, 1.807) is 21.3 Å². The van der Waals surface area contributed by atoms with Gasteiger partial charge in [-0.1, -0.05) is 19.9 Å². The zero-order chi connectivity index (χ0) is 15.8. The zero-order valence-corrected chi connectivity index (χ0v) is 13.4. The lowest BCUT2D eigenvalue weighted by molar-refractivity contribution is -0.123. The normalized spacial score (nSPS) is 12.1. The van der Waals surface area contributed by atoms with Crippen molar-refractivity contribution in [1.82, 2.24) is 5.32 Å². The third-order valence-corrected chi connectivity index (χ3v) is 3.32. The van der Waals surface area contributed by atoms with Gasteiger partial charge < -0.3 is 19.5 Å². The number of nitrogens with one attached hydrogen (secondary N) is 1. The van der Waals surface area contributed by atoms with E-state index in [0.29, 0.717) is 24.7 Å². The summed E-state index contributed by atoms with van der Waals surface area (Å²) in [6, 6.07) is 5.59. The second-order valence-electron chi connectivity index (χ2n) is 5.12. The number of hydrogen-bond donors (Lipinski definition) is 1. The lowest BCUT2D eigenvalue weighted by Gasteiger charge is -2.21. The van der Waals surface area contributed by atoms with E-state index < -0.39 is 0 Å². The van der Waals surface area contributed by atoms with E-state index in [1.165, 1.54) is 0 Å². The number of hydrogen-bond acceptors (Lipinski definition) is 4. The van der Waals surface area contributed by atoms with Crippen molar-refractivity contribution in [3.05, 3.63) is 23.8 Å². The zero-order valence-electron chi connectivity index (χ0n) is 13.4. The van der Waals surface area contributed by atoms with E-state index in [2.05, 4.69) is 5.32 Å². The molecule has 0 bridgehead atoms. The molecule has 1 atom stereocenters. The molecule has 1 aromatic carbocycles. The molecule has 0 fully saturated rings. The molecule has 0 saturated heterocycles. The summed E-state index contributed by atoms with van der Waals surface area (Å²) in [4.78, 5) is 12.4. The summed E-state index contributed by atoms with van der Waals surface area (Å²) in [5.41, 5.74) is 0.914. The molecule has 5 heteroatoms. The number of benzene rings is 1. The van der Waals surface area contributed by atoms with Crippen LogP contribution in [0.25, 0.3) is 0 Å². The van der Waals surface area contributed by atoms with Gasteiger partial charge in [-0.3, -0.25) is 4.79 Å². The van der Waals surface area contributed by atoms with Crippen molar-refractivity contribution in [1.29, 1.82) is 0 Å². The molecule has 0 aliphatic heterocycles. The van der Waals surface area contributed by atoms with Crippen LogP contribution < -0.4 is 14.8 Å². The van der Waals surface area contributed by atoms with E-state index in [-0.39, 0.29) is 17.7 Å². The third kappa shape index (κ3) is 4.63. The van der Waals surface area contributed by atoms with Crippen LogP contribution in [-0.4, -0.2) is 40.4 Å². The molecule has 1 rings (SSSR count). The van der Waals surface area contributed by atoms with Gasteiger partial charge in [-0.25, -0.2) is 0 Å². The Morgan fingerprint density at radius 1 is 1.14 bits per heavy atom. The Hall–Kier alpha value is -1.75. The standard InChI is InChI=1S/C16H25NO4/c1-11(2)15(16(18)17-8-9-19-3)12-6-7-13(20-4)14(10-12)21-5/h6-7,10-11,15H,8-9H2,1-5H3,(H,17,18). The number of carbonyl (C=O) groups is 1. The summed E-state index contributed by atoms with van der Waals surface area (Å²) in [6.45, 7) is 5.06. The first-order valence-electron chi connectivity index (χ1n) is 7.03. The quantitative estimate of drug-likeness (QED) is 0.747. The van der Waals surface area contributed by atoms with E-state index >= 15 is 0 Å². The fourth-order valence-corrected chi connectivity index (χ4v) is 2.27. The fourth-order valence-electron chi connectivity index (χ4n) is 2.27. The van der Waals surface area contributed by atoms with Gasteiger partial charge in [-0.15, -0.1) is 0 Å². The monoisotopic (exact) mass is 295 g/mol. The van der Waals surface area contributed by atoms with Crippen LogP contribution in [0.3, 0.4) is 0 Å². The summed E-state index contributed by atoms with van der Waals surface area (Å²) < 4.78 is 15.5. The lowest BCUT2D eigenvalue weighted by Crippen LogP contribution is -2.34. The Morgan fingerprint density at radius 3 is 2.33 bits per heavy atom. The highest BCUT2D eigenvalue weighted by Gasteiger charge is 2.25. The maximum Gasteiger partial charge on any atom is 0.227 e. The lowest BCUT2D eigenvalue weighted by atomic mass is 9.87. The smallest absolute Gasteiger partial charge is 0.227 e. The van der Waals surface area contributed by atoms with Crippen LogP contribution in [0.1, 0.15) is 25.3 Å². The predicted molar refractivity (Wildman–Crippen MR) is 82.0 cm³/mol. The average Bonchev–Trinajstić information content (AvgIpc) is 2.47. The predicted octanol–water partition coefficient (Wildman–Crippen LogP) is 2.21. The third-order valence-electron chi connectivity index (χ3n) is 3.32. The molecule has 0 heterocycles. The molecule has 0 aromatic heterocycles. The van der Waals surface area contributed by atoms with Crippen molar-refractivity contribution in [3.8, 4) is 11.5 Å². The summed E-state index contributed by atoms with van der Waals surface area (Å²) in [7, 11) is 4.79. The molecule has 1 unspecified atom stereocenters. The van der Waals surface area contributed by atoms with Gasteiger partial charge in [0.15, 0.2) is 11.5 Å². The first-order chi connectivity index (χ1) is 10.0. The SMILES string of the molecule is COCCNC(=O)C(c1ccc(OC)c(OC)c1)C(C)C. The Bertz CT molecular complexity index is 460. The molecule has 0 radical (unpaired) electrons. The molecule has 0 aliphatic rings. The summed E-state index contributed by atoms with van der Waals surface area (Å²) in [6.07, 6.45) is 0. The molecule has 21 heavy (non-hydrogen) atoms. The average molecular weight is 295 g/mol. The van der Waals surface area contributed by atoms with Gasteiger partial charge >= 0.3 is 0 Å². The number of amides is 1. The Labute approximate surface area is 126 Å². The highest BCUT2D eigenvalue weighted by Crippen LogP contribution is 2.33. The van der Waals surface area contributed by atoms with Gasteiger partial charge in [0.25, 0.3) is 0 Å². The van der Waals surface area contributed by atoms with E-state index in [1.807, 2.05) is 32.0 Å². The van der Waals surface area contributed by atoms with E-state index in [0.717, 1.165) is 5.56 Å².